The molecule has 0 fully saturated rings. The van der Waals surface area contributed by atoms with E-state index in [0.29, 0.717) is 0 Å². The summed E-state index contributed by atoms with van der Waals surface area (Å²) in [7, 11) is -1.50. The molecule has 0 aliphatic heterocycles. The number of fused-ring (bicyclic) bond motifs is 4. The maximum absolute atomic E-state index is 8.44. The molecule has 0 unspecified atom stereocenters. The van der Waals surface area contributed by atoms with E-state index in [0.717, 1.165) is 56.3 Å². The van der Waals surface area contributed by atoms with E-state index in [-0.39, 0.29) is 20.1 Å². The third-order valence-corrected chi connectivity index (χ3v) is 11.9. The van der Waals surface area contributed by atoms with Gasteiger partial charge in [0, 0.05) is 39.9 Å². The number of imidazole rings is 1. The molecule has 7 heteroatoms. The monoisotopic (exact) mass is 866 g/mol. The zero-order valence-electron chi connectivity index (χ0n) is 30.2. The molecule has 0 aliphatic rings. The van der Waals surface area contributed by atoms with Gasteiger partial charge >= 0.3 is 0 Å². The topological polar surface area (TPSA) is 43.6 Å². The molecular weight excluding hydrogens is 825 g/mol. The van der Waals surface area contributed by atoms with Crippen molar-refractivity contribution >= 4 is 55.9 Å². The first-order chi connectivity index (χ1) is 24.0. The SMILES string of the molecule is Cc1ccc2c(n1)sc1c(-c3nc4ccccc4n3Cc3ccccc3)[c-]ccc12.[2H]C(C)(C)c1cc(-c2[c-]cccc2)ncc1[Si](C)(C)C.[Ir]. The first-order valence-electron chi connectivity index (χ1n) is 17.2. The summed E-state index contributed by atoms with van der Waals surface area (Å²) in [5.74, 6) is 0.344. The van der Waals surface area contributed by atoms with Crippen molar-refractivity contribution in [2.75, 3.05) is 0 Å². The van der Waals surface area contributed by atoms with Crippen molar-refractivity contribution in [3.05, 3.63) is 144 Å². The number of hydrogen-bond donors (Lipinski definition) is 0. The van der Waals surface area contributed by atoms with E-state index in [4.69, 9.17) is 11.3 Å². The molecule has 0 atom stereocenters. The van der Waals surface area contributed by atoms with Gasteiger partial charge in [0.05, 0.1) is 24.9 Å². The number of aryl methyl sites for hydroxylation is 1. The Bertz CT molecular complexity index is 2450. The Hall–Kier alpha value is -4.26. The molecule has 0 amide bonds. The average Bonchev–Trinajstić information content (AvgIpc) is 3.66. The minimum absolute atomic E-state index is 0. The van der Waals surface area contributed by atoms with E-state index >= 15 is 0 Å². The number of thiophene rings is 1. The van der Waals surface area contributed by atoms with E-state index in [1.165, 1.54) is 26.2 Å². The molecule has 0 spiro atoms. The van der Waals surface area contributed by atoms with Crippen LogP contribution in [0.3, 0.4) is 0 Å². The van der Waals surface area contributed by atoms with Crippen LogP contribution in [0.2, 0.25) is 19.6 Å². The number of benzene rings is 4. The first kappa shape index (κ1) is 34.2. The molecule has 1 radical (unpaired) electrons. The molecule has 0 saturated carbocycles. The van der Waals surface area contributed by atoms with Crippen LogP contribution in [0.5, 0.6) is 0 Å². The maximum Gasteiger partial charge on any atom is 0.113 e. The second-order valence-corrected chi connectivity index (χ2v) is 19.7. The van der Waals surface area contributed by atoms with Crippen LogP contribution in [-0.2, 0) is 26.7 Å². The fraction of sp³-hybridized carbons (Fsp3) is 0.186. The van der Waals surface area contributed by atoms with E-state index < -0.39 is 14.0 Å². The Morgan fingerprint density at radius 1 is 0.840 bits per heavy atom. The van der Waals surface area contributed by atoms with Crippen LogP contribution in [0.1, 0.15) is 37.9 Å². The molecule has 0 aliphatic carbocycles. The molecule has 0 N–H and O–H groups in total. The van der Waals surface area contributed by atoms with Gasteiger partial charge in [0.1, 0.15) is 4.83 Å². The van der Waals surface area contributed by atoms with Crippen molar-refractivity contribution in [1.82, 2.24) is 19.5 Å². The fourth-order valence-corrected chi connectivity index (χ4v) is 9.03. The summed E-state index contributed by atoms with van der Waals surface area (Å²) < 4.78 is 11.9. The van der Waals surface area contributed by atoms with Crippen molar-refractivity contribution in [2.24, 2.45) is 0 Å². The van der Waals surface area contributed by atoms with Gasteiger partial charge in [0.15, 0.2) is 0 Å². The Labute approximate surface area is 315 Å². The minimum atomic E-state index is -1.50. The third kappa shape index (κ3) is 7.28. The summed E-state index contributed by atoms with van der Waals surface area (Å²) in [6.07, 6.45) is 1.98. The van der Waals surface area contributed by atoms with Gasteiger partial charge in [-0.2, -0.15) is 11.3 Å². The summed E-state index contributed by atoms with van der Waals surface area (Å²) >= 11 is 1.73. The van der Waals surface area contributed by atoms with Gasteiger partial charge in [0.2, 0.25) is 0 Å². The minimum Gasteiger partial charge on any atom is -0.360 e. The molecule has 4 heterocycles. The summed E-state index contributed by atoms with van der Waals surface area (Å²) in [5.41, 5.74) is 8.46. The predicted molar refractivity (Wildman–Crippen MR) is 211 cm³/mol. The molecule has 0 saturated heterocycles. The smallest absolute Gasteiger partial charge is 0.113 e. The quantitative estimate of drug-likeness (QED) is 0.124. The summed E-state index contributed by atoms with van der Waals surface area (Å²) in [5, 5.41) is 3.69. The number of rotatable bonds is 6. The summed E-state index contributed by atoms with van der Waals surface area (Å²) in [4.78, 5) is 15.5. The zero-order chi connectivity index (χ0) is 35.0. The van der Waals surface area contributed by atoms with Crippen molar-refractivity contribution in [3.63, 3.8) is 0 Å². The molecule has 0 bridgehead atoms. The largest absolute Gasteiger partial charge is 0.360 e. The molecule has 8 aromatic rings. The van der Waals surface area contributed by atoms with Gasteiger partial charge < -0.3 is 9.55 Å². The van der Waals surface area contributed by atoms with E-state index in [9.17, 15) is 0 Å². The van der Waals surface area contributed by atoms with Crippen molar-refractivity contribution in [2.45, 2.75) is 52.9 Å². The van der Waals surface area contributed by atoms with E-state index in [1.54, 1.807) is 11.3 Å². The third-order valence-electron chi connectivity index (χ3n) is 8.74. The molecule has 4 aromatic carbocycles. The van der Waals surface area contributed by atoms with Gasteiger partial charge in [-0.3, -0.25) is 4.98 Å². The second-order valence-electron chi connectivity index (χ2n) is 13.6. The van der Waals surface area contributed by atoms with Crippen LogP contribution in [-0.4, -0.2) is 27.6 Å². The van der Waals surface area contributed by atoms with Crippen LogP contribution in [0.25, 0.3) is 54.0 Å². The van der Waals surface area contributed by atoms with E-state index in [1.807, 2.05) is 63.4 Å². The summed E-state index contributed by atoms with van der Waals surface area (Å²) in [6, 6.07) is 43.9. The van der Waals surface area contributed by atoms with E-state index in [2.05, 4.69) is 114 Å². The number of para-hydroxylation sites is 2. The Morgan fingerprint density at radius 3 is 2.34 bits per heavy atom. The molecule has 4 aromatic heterocycles. The average molecular weight is 866 g/mol. The standard InChI is InChI=1S/C26H18N3S.C17H22NSi.Ir/c1-17-14-15-20-19-10-7-11-21(24(19)30-26(20)27-17)25-28-22-12-5-6-13-23(22)29(25)16-18-8-3-2-4-9-18;1-13(2)15-11-16(14-9-7-6-8-10-14)18-12-17(15)19(3,4)5;/h2-10,12-15H,16H2,1H3;6-9,11-13H,1-5H3;/q2*-1;/i;13D;. The summed E-state index contributed by atoms with van der Waals surface area (Å²) in [6.45, 7) is 13.6. The molecular formula is C43H40IrN4SSi-2. The number of hydrogen-bond acceptors (Lipinski definition) is 4. The molecule has 4 nitrogen and oxygen atoms in total. The Balaban J connectivity index is 0.000000188. The van der Waals surface area contributed by atoms with Gasteiger partial charge in [-0.1, -0.05) is 105 Å². The van der Waals surface area contributed by atoms with Gasteiger partial charge in [0.25, 0.3) is 0 Å². The van der Waals surface area contributed by atoms with Crippen LogP contribution < -0.4 is 5.19 Å². The predicted octanol–water partition coefficient (Wildman–Crippen LogP) is 10.8. The van der Waals surface area contributed by atoms with Gasteiger partial charge in [-0.15, -0.1) is 54.1 Å². The van der Waals surface area contributed by atoms with Crippen molar-refractivity contribution < 1.29 is 21.5 Å². The number of nitrogens with zero attached hydrogens (tertiary/aromatic N) is 4. The first-order valence-corrected chi connectivity index (χ1v) is 21.0. The Kier molecular flexibility index (Phi) is 10.2. The number of pyridine rings is 2. The van der Waals surface area contributed by atoms with Gasteiger partial charge in [-0.05, 0) is 57.5 Å². The van der Waals surface area contributed by atoms with Crippen molar-refractivity contribution in [1.29, 1.82) is 0 Å². The zero-order valence-corrected chi connectivity index (χ0v) is 33.4. The van der Waals surface area contributed by atoms with Crippen LogP contribution in [0.4, 0.5) is 0 Å². The maximum atomic E-state index is 8.44. The van der Waals surface area contributed by atoms with Crippen LogP contribution in [0, 0.1) is 19.1 Å². The Morgan fingerprint density at radius 2 is 1.60 bits per heavy atom. The molecule has 50 heavy (non-hydrogen) atoms. The van der Waals surface area contributed by atoms with Crippen LogP contribution >= 0.6 is 11.3 Å². The molecule has 8 rings (SSSR count). The van der Waals surface area contributed by atoms with Gasteiger partial charge in [-0.25, -0.2) is 4.98 Å². The fourth-order valence-electron chi connectivity index (χ4n) is 6.24. The number of aromatic nitrogens is 4. The molecule has 253 valence electrons. The van der Waals surface area contributed by atoms with Crippen molar-refractivity contribution in [3.8, 4) is 22.6 Å². The second kappa shape index (κ2) is 14.9. The normalized spacial score (nSPS) is 12.0. The van der Waals surface area contributed by atoms with Crippen LogP contribution in [0.15, 0.2) is 115 Å².